The van der Waals surface area contributed by atoms with E-state index in [1.165, 1.54) is 29.0 Å². The van der Waals surface area contributed by atoms with Gasteiger partial charge in [0.05, 0.1) is 16.8 Å². The number of thiophene rings is 1. The fourth-order valence-electron chi connectivity index (χ4n) is 2.53. The molecular weight excluding hydrogens is 443 g/mol. The minimum atomic E-state index is -4.62. The summed E-state index contributed by atoms with van der Waals surface area (Å²) in [6.45, 7) is -0.654. The highest BCUT2D eigenvalue weighted by molar-refractivity contribution is 7.08. The molecule has 1 aromatic carbocycles. The van der Waals surface area contributed by atoms with E-state index in [0.717, 1.165) is 17.4 Å². The maximum Gasteiger partial charge on any atom is 0.416 e. The summed E-state index contributed by atoms with van der Waals surface area (Å²) in [7, 11) is 0. The molecule has 162 valence electrons. The molecule has 0 aliphatic heterocycles. The number of hydrogen-bond acceptors (Lipinski definition) is 7. The molecule has 0 unspecified atom stereocenters. The van der Waals surface area contributed by atoms with Crippen molar-refractivity contribution in [1.29, 1.82) is 0 Å². The number of carbonyl (C=O) groups is 2. The summed E-state index contributed by atoms with van der Waals surface area (Å²) in [6.07, 6.45) is -5.70. The Bertz CT molecular complexity index is 1200. The molecule has 31 heavy (non-hydrogen) atoms. The van der Waals surface area contributed by atoms with Crippen LogP contribution < -0.4 is 10.9 Å². The van der Waals surface area contributed by atoms with Crippen LogP contribution in [-0.2, 0) is 17.5 Å². The number of rotatable bonds is 5. The van der Waals surface area contributed by atoms with Crippen LogP contribution in [0.4, 0.5) is 23.7 Å². The molecule has 2 aromatic heterocycles. The number of anilines is 1. The second-order valence-electron chi connectivity index (χ2n) is 5.97. The highest BCUT2D eigenvalue weighted by Crippen LogP contribution is 2.33. The number of aromatic carboxylic acids is 1. The molecule has 9 nitrogen and oxygen atoms in total. The van der Waals surface area contributed by atoms with E-state index < -0.39 is 47.4 Å². The molecule has 0 radical (unpaired) electrons. The van der Waals surface area contributed by atoms with Crippen molar-refractivity contribution in [2.45, 2.75) is 12.8 Å². The Balaban J connectivity index is 1.78. The maximum atomic E-state index is 13.0. The van der Waals surface area contributed by atoms with Crippen molar-refractivity contribution in [3.8, 4) is 17.1 Å². The minimum Gasteiger partial charge on any atom is -0.501 e. The number of aromatic hydroxyl groups is 1. The Morgan fingerprint density at radius 3 is 2.61 bits per heavy atom. The Kier molecular flexibility index (Phi) is 5.97. The predicted molar refractivity (Wildman–Crippen MR) is 102 cm³/mol. The lowest BCUT2D eigenvalue weighted by Gasteiger charge is -2.13. The van der Waals surface area contributed by atoms with Crippen LogP contribution in [0.15, 0.2) is 39.8 Å². The zero-order valence-electron chi connectivity index (χ0n) is 15.2. The molecule has 1 amide bonds. The van der Waals surface area contributed by atoms with E-state index in [-0.39, 0.29) is 22.6 Å². The monoisotopic (exact) mass is 455 g/mol. The Labute approximate surface area is 174 Å². The molecular formula is C18H12F3N3O6S. The number of carboxylic acids is 1. The Morgan fingerprint density at radius 1 is 1.23 bits per heavy atom. The van der Waals surface area contributed by atoms with Crippen molar-refractivity contribution < 1.29 is 37.7 Å². The van der Waals surface area contributed by atoms with Gasteiger partial charge in [-0.15, -0.1) is 11.3 Å². The molecule has 0 bridgehead atoms. The topological polar surface area (TPSA) is 142 Å². The lowest BCUT2D eigenvalue weighted by atomic mass is 10.1. The first kappa shape index (κ1) is 21.8. The number of H-pyrrole nitrogens is 1. The smallest absolute Gasteiger partial charge is 0.416 e. The SMILES string of the molecule is O=C(Nc1cscc1-c1nc(C(=O)O)c(O)c(=O)[nH]1)OCc1ccccc1C(F)(F)F. The Hall–Kier alpha value is -3.87. The van der Waals surface area contributed by atoms with Gasteiger partial charge in [0.1, 0.15) is 12.4 Å². The van der Waals surface area contributed by atoms with Crippen LogP contribution in [0.1, 0.15) is 21.6 Å². The van der Waals surface area contributed by atoms with Crippen LogP contribution in [0.25, 0.3) is 11.4 Å². The van der Waals surface area contributed by atoms with Crippen LogP contribution in [0, 0.1) is 0 Å². The lowest BCUT2D eigenvalue weighted by Crippen LogP contribution is -2.17. The second-order valence-corrected chi connectivity index (χ2v) is 6.72. The second kappa shape index (κ2) is 8.47. The normalized spacial score (nSPS) is 11.2. The predicted octanol–water partition coefficient (Wildman–Crippen LogP) is 3.67. The summed E-state index contributed by atoms with van der Waals surface area (Å²) in [5, 5.41) is 23.7. The third-order valence-electron chi connectivity index (χ3n) is 3.93. The largest absolute Gasteiger partial charge is 0.501 e. The fourth-order valence-corrected chi connectivity index (χ4v) is 3.30. The van der Waals surface area contributed by atoms with Crippen molar-refractivity contribution in [3.05, 3.63) is 62.2 Å². The van der Waals surface area contributed by atoms with E-state index in [1.807, 2.05) is 0 Å². The minimum absolute atomic E-state index is 0.0595. The van der Waals surface area contributed by atoms with Crippen LogP contribution >= 0.6 is 11.3 Å². The van der Waals surface area contributed by atoms with E-state index in [4.69, 9.17) is 9.84 Å². The van der Waals surface area contributed by atoms with Crippen molar-refractivity contribution in [3.63, 3.8) is 0 Å². The number of carbonyl (C=O) groups excluding carboxylic acids is 1. The van der Waals surface area contributed by atoms with Gasteiger partial charge in [-0.3, -0.25) is 10.1 Å². The molecule has 4 N–H and O–H groups in total. The van der Waals surface area contributed by atoms with E-state index in [1.54, 1.807) is 0 Å². The van der Waals surface area contributed by atoms with Gasteiger partial charge in [0.2, 0.25) is 5.75 Å². The van der Waals surface area contributed by atoms with Crippen LogP contribution in [0.5, 0.6) is 5.75 Å². The molecule has 13 heteroatoms. The van der Waals surface area contributed by atoms with Gasteiger partial charge < -0.3 is 19.9 Å². The van der Waals surface area contributed by atoms with E-state index in [2.05, 4.69) is 15.3 Å². The van der Waals surface area contributed by atoms with Crippen molar-refractivity contribution >= 4 is 29.1 Å². The summed E-state index contributed by atoms with van der Waals surface area (Å²) in [6, 6.07) is 4.61. The van der Waals surface area contributed by atoms with E-state index in [0.29, 0.717) is 0 Å². The molecule has 0 atom stereocenters. The van der Waals surface area contributed by atoms with Crippen LogP contribution in [0.3, 0.4) is 0 Å². The quantitative estimate of drug-likeness (QED) is 0.460. The number of alkyl halides is 3. The molecule has 0 aliphatic rings. The number of aromatic amines is 1. The number of aromatic nitrogens is 2. The van der Waals surface area contributed by atoms with Crippen LogP contribution in [-0.4, -0.2) is 32.2 Å². The zero-order valence-corrected chi connectivity index (χ0v) is 16.0. The molecule has 3 rings (SSSR count). The third-order valence-corrected chi connectivity index (χ3v) is 4.68. The number of ether oxygens (including phenoxy) is 1. The third kappa shape index (κ3) is 4.83. The molecule has 0 saturated heterocycles. The average molecular weight is 455 g/mol. The Morgan fingerprint density at radius 2 is 1.94 bits per heavy atom. The van der Waals surface area contributed by atoms with Gasteiger partial charge in [0.25, 0.3) is 5.56 Å². The van der Waals surface area contributed by atoms with Crippen molar-refractivity contribution in [1.82, 2.24) is 9.97 Å². The van der Waals surface area contributed by atoms with Crippen LogP contribution in [0.2, 0.25) is 0 Å². The van der Waals surface area contributed by atoms with Gasteiger partial charge in [0, 0.05) is 16.3 Å². The lowest BCUT2D eigenvalue weighted by molar-refractivity contribution is -0.138. The number of carboxylic acid groups (broad SMARTS) is 1. The number of nitrogens with zero attached hydrogens (tertiary/aromatic N) is 1. The van der Waals surface area contributed by atoms with Gasteiger partial charge in [-0.2, -0.15) is 13.2 Å². The summed E-state index contributed by atoms with van der Waals surface area (Å²) >= 11 is 1.06. The first-order chi connectivity index (χ1) is 14.6. The first-order valence-electron chi connectivity index (χ1n) is 8.30. The average Bonchev–Trinajstić information content (AvgIpc) is 3.15. The molecule has 0 saturated carbocycles. The van der Waals surface area contributed by atoms with Gasteiger partial charge in [0.15, 0.2) is 5.69 Å². The highest BCUT2D eigenvalue weighted by atomic mass is 32.1. The van der Waals surface area contributed by atoms with Crippen molar-refractivity contribution in [2.75, 3.05) is 5.32 Å². The van der Waals surface area contributed by atoms with E-state index in [9.17, 15) is 32.7 Å². The van der Waals surface area contributed by atoms with E-state index >= 15 is 0 Å². The van der Waals surface area contributed by atoms with Gasteiger partial charge >= 0.3 is 18.2 Å². The standard InChI is InChI=1S/C18H12F3N3O6S/c19-18(20,21)10-4-2-1-3-8(10)5-30-17(29)22-11-7-31-6-9(11)14-23-12(16(27)28)13(25)15(26)24-14/h1-4,6-7,25H,5H2,(H,22,29)(H,27,28)(H,23,24,26). The fraction of sp³-hybridized carbons (Fsp3) is 0.111. The summed E-state index contributed by atoms with van der Waals surface area (Å²) in [4.78, 5) is 40.8. The number of nitrogens with one attached hydrogen (secondary N) is 2. The summed E-state index contributed by atoms with van der Waals surface area (Å²) in [5.41, 5.74) is -3.01. The number of halogens is 3. The molecule has 0 fully saturated rings. The van der Waals surface area contributed by atoms with Gasteiger partial charge in [-0.05, 0) is 6.07 Å². The number of amides is 1. The summed E-state index contributed by atoms with van der Waals surface area (Å²) in [5.74, 6) is -2.97. The molecule has 3 aromatic rings. The number of hydrogen-bond donors (Lipinski definition) is 4. The van der Waals surface area contributed by atoms with Gasteiger partial charge in [-0.25, -0.2) is 14.6 Å². The molecule has 0 spiro atoms. The zero-order chi connectivity index (χ0) is 22.8. The highest BCUT2D eigenvalue weighted by Gasteiger charge is 2.33. The molecule has 0 aliphatic carbocycles. The first-order valence-corrected chi connectivity index (χ1v) is 9.24. The maximum absolute atomic E-state index is 13.0. The van der Waals surface area contributed by atoms with Gasteiger partial charge in [-0.1, -0.05) is 18.2 Å². The van der Waals surface area contributed by atoms with Crippen molar-refractivity contribution in [2.24, 2.45) is 0 Å². The molecule has 2 heterocycles. The summed E-state index contributed by atoms with van der Waals surface area (Å²) < 4.78 is 43.9. The number of benzene rings is 1.